The molecule has 1 saturated carbocycles. The van der Waals surface area contributed by atoms with Gasteiger partial charge in [-0.05, 0) is 12.8 Å². The van der Waals surface area contributed by atoms with Gasteiger partial charge in [-0.25, -0.2) is 4.98 Å². The van der Waals surface area contributed by atoms with Gasteiger partial charge in [0.25, 0.3) is 0 Å². The molecule has 0 atom stereocenters. The smallest absolute Gasteiger partial charge is 0.370 e. The van der Waals surface area contributed by atoms with Gasteiger partial charge < -0.3 is 11.1 Å². The van der Waals surface area contributed by atoms with Crippen molar-refractivity contribution in [3.05, 3.63) is 16.1 Å². The van der Waals surface area contributed by atoms with Gasteiger partial charge in [-0.1, -0.05) is 0 Å². The normalized spacial score (nSPS) is 16.9. The molecule has 1 fully saturated rings. The van der Waals surface area contributed by atoms with Crippen LogP contribution in [-0.2, 0) is 12.6 Å². The molecule has 0 amide bonds. The summed E-state index contributed by atoms with van der Waals surface area (Å²) in [5, 5.41) is 4.44. The van der Waals surface area contributed by atoms with E-state index in [2.05, 4.69) is 15.3 Å². The van der Waals surface area contributed by atoms with Crippen LogP contribution >= 0.6 is 11.3 Å². The summed E-state index contributed by atoms with van der Waals surface area (Å²) >= 11 is 0.993. The quantitative estimate of drug-likeness (QED) is 0.651. The first-order valence-electron chi connectivity index (χ1n) is 5.53. The molecule has 0 radical (unpaired) electrons. The van der Waals surface area contributed by atoms with Gasteiger partial charge in [0, 0.05) is 24.4 Å². The zero-order valence-corrected chi connectivity index (χ0v) is 10.3. The van der Waals surface area contributed by atoms with E-state index < -0.39 is 11.9 Å². The lowest BCUT2D eigenvalue weighted by Gasteiger charge is -2.02. The van der Waals surface area contributed by atoms with Gasteiger partial charge in [-0.15, -0.1) is 11.3 Å². The number of thiazole rings is 1. The van der Waals surface area contributed by atoms with Gasteiger partial charge in [-0.3, -0.25) is 4.99 Å². The van der Waals surface area contributed by atoms with E-state index in [1.807, 2.05) is 0 Å². The van der Waals surface area contributed by atoms with Crippen LogP contribution in [-0.4, -0.2) is 23.5 Å². The van der Waals surface area contributed by atoms with Crippen LogP contribution in [0.25, 0.3) is 0 Å². The second-order valence-electron chi connectivity index (χ2n) is 4.06. The average Bonchev–Trinajstić information content (AvgIpc) is 2.93. The standard InChI is InChI=1S/C10H13F3N4S/c11-10(12,13)7-5-18-8(17-7)3-4-15-9(14)16-6-1-2-6/h5-6H,1-4H2,(H3,14,15,16). The molecule has 0 aliphatic heterocycles. The van der Waals surface area contributed by atoms with Crippen molar-refractivity contribution in [3.63, 3.8) is 0 Å². The maximum atomic E-state index is 12.3. The largest absolute Gasteiger partial charge is 0.434 e. The number of nitrogens with two attached hydrogens (primary N) is 1. The van der Waals surface area contributed by atoms with Gasteiger partial charge in [-0.2, -0.15) is 13.2 Å². The number of hydrogen-bond donors (Lipinski definition) is 2. The van der Waals surface area contributed by atoms with E-state index in [0.29, 0.717) is 30.0 Å². The first-order chi connectivity index (χ1) is 8.45. The zero-order chi connectivity index (χ0) is 13.2. The highest BCUT2D eigenvalue weighted by atomic mass is 32.1. The Balaban J connectivity index is 1.80. The molecule has 0 spiro atoms. The molecular formula is C10H13F3N4S. The zero-order valence-electron chi connectivity index (χ0n) is 9.50. The van der Waals surface area contributed by atoms with Crippen molar-refractivity contribution < 1.29 is 13.2 Å². The Morgan fingerprint density at radius 2 is 2.28 bits per heavy atom. The molecule has 100 valence electrons. The summed E-state index contributed by atoms with van der Waals surface area (Å²) in [7, 11) is 0. The minimum absolute atomic E-state index is 0.344. The van der Waals surface area contributed by atoms with Crippen LogP contribution in [0.1, 0.15) is 23.5 Å². The van der Waals surface area contributed by atoms with Crippen molar-refractivity contribution in [1.82, 2.24) is 10.3 Å². The molecule has 1 aromatic heterocycles. The number of aromatic nitrogens is 1. The van der Waals surface area contributed by atoms with Crippen LogP contribution in [0.5, 0.6) is 0 Å². The van der Waals surface area contributed by atoms with E-state index in [4.69, 9.17) is 5.73 Å². The van der Waals surface area contributed by atoms with Crippen LogP contribution in [0.3, 0.4) is 0 Å². The van der Waals surface area contributed by atoms with Crippen LogP contribution < -0.4 is 11.1 Å². The molecule has 0 bridgehead atoms. The van der Waals surface area contributed by atoms with Crippen LogP contribution in [0.15, 0.2) is 10.4 Å². The Morgan fingerprint density at radius 3 is 2.83 bits per heavy atom. The Hall–Kier alpha value is -1.31. The van der Waals surface area contributed by atoms with Gasteiger partial charge in [0.05, 0.1) is 5.01 Å². The van der Waals surface area contributed by atoms with Crippen molar-refractivity contribution in [3.8, 4) is 0 Å². The summed E-state index contributed by atoms with van der Waals surface area (Å²) < 4.78 is 36.9. The second kappa shape index (κ2) is 5.13. The fourth-order valence-electron chi connectivity index (χ4n) is 1.31. The minimum atomic E-state index is -4.37. The number of rotatable bonds is 4. The predicted molar refractivity (Wildman–Crippen MR) is 63.5 cm³/mol. The summed E-state index contributed by atoms with van der Waals surface area (Å²) in [5.74, 6) is 0.352. The number of aliphatic imine (C=N–C) groups is 1. The molecule has 0 aromatic carbocycles. The van der Waals surface area contributed by atoms with Crippen molar-refractivity contribution in [2.75, 3.05) is 6.54 Å². The van der Waals surface area contributed by atoms with Crippen molar-refractivity contribution in [1.29, 1.82) is 0 Å². The number of nitrogens with one attached hydrogen (secondary N) is 1. The molecule has 3 N–H and O–H groups in total. The van der Waals surface area contributed by atoms with E-state index in [0.717, 1.165) is 29.6 Å². The highest BCUT2D eigenvalue weighted by Gasteiger charge is 2.33. The third kappa shape index (κ3) is 3.86. The molecule has 2 rings (SSSR count). The van der Waals surface area contributed by atoms with Gasteiger partial charge in [0.1, 0.15) is 0 Å². The summed E-state index contributed by atoms with van der Waals surface area (Å²) in [6, 6.07) is 0.422. The molecule has 1 aliphatic rings. The average molecular weight is 278 g/mol. The fourth-order valence-corrected chi connectivity index (χ4v) is 2.10. The molecule has 1 aliphatic carbocycles. The Labute approximate surface area is 106 Å². The maximum absolute atomic E-state index is 12.3. The molecule has 1 heterocycles. The lowest BCUT2D eigenvalue weighted by molar-refractivity contribution is -0.140. The van der Waals surface area contributed by atoms with E-state index in [1.165, 1.54) is 0 Å². The van der Waals surface area contributed by atoms with Gasteiger partial charge >= 0.3 is 6.18 Å². The number of halogens is 3. The van der Waals surface area contributed by atoms with E-state index in [9.17, 15) is 13.2 Å². The Morgan fingerprint density at radius 1 is 1.56 bits per heavy atom. The lowest BCUT2D eigenvalue weighted by Crippen LogP contribution is -2.33. The Kier molecular flexibility index (Phi) is 3.74. The van der Waals surface area contributed by atoms with E-state index >= 15 is 0 Å². The summed E-state index contributed by atoms with van der Waals surface area (Å²) in [6.07, 6.45) is -1.81. The van der Waals surface area contributed by atoms with Crippen LogP contribution in [0.4, 0.5) is 13.2 Å². The van der Waals surface area contributed by atoms with Crippen molar-refractivity contribution >= 4 is 17.3 Å². The lowest BCUT2D eigenvalue weighted by atomic mass is 10.4. The first kappa shape index (κ1) is 13.1. The van der Waals surface area contributed by atoms with Crippen molar-refractivity contribution in [2.24, 2.45) is 10.7 Å². The highest BCUT2D eigenvalue weighted by molar-refractivity contribution is 7.09. The minimum Gasteiger partial charge on any atom is -0.370 e. The summed E-state index contributed by atoms with van der Waals surface area (Å²) in [4.78, 5) is 7.55. The second-order valence-corrected chi connectivity index (χ2v) is 5.00. The number of nitrogens with zero attached hydrogens (tertiary/aromatic N) is 2. The number of alkyl halides is 3. The summed E-state index contributed by atoms with van der Waals surface area (Å²) in [5.41, 5.74) is 4.76. The van der Waals surface area contributed by atoms with Crippen molar-refractivity contribution in [2.45, 2.75) is 31.5 Å². The van der Waals surface area contributed by atoms with Gasteiger partial charge in [0.15, 0.2) is 11.7 Å². The predicted octanol–water partition coefficient (Wildman–Crippen LogP) is 1.77. The first-order valence-corrected chi connectivity index (χ1v) is 6.41. The highest BCUT2D eigenvalue weighted by Crippen LogP contribution is 2.30. The third-order valence-corrected chi connectivity index (χ3v) is 3.29. The molecule has 4 nitrogen and oxygen atoms in total. The maximum Gasteiger partial charge on any atom is 0.434 e. The third-order valence-electron chi connectivity index (χ3n) is 2.38. The van der Waals surface area contributed by atoms with E-state index in [1.54, 1.807) is 0 Å². The van der Waals surface area contributed by atoms with Crippen LogP contribution in [0, 0.1) is 0 Å². The molecule has 0 saturated heterocycles. The monoisotopic (exact) mass is 278 g/mol. The fraction of sp³-hybridized carbons (Fsp3) is 0.600. The van der Waals surface area contributed by atoms with Gasteiger partial charge in [0.2, 0.25) is 0 Å². The molecule has 18 heavy (non-hydrogen) atoms. The molecule has 8 heteroatoms. The molecule has 0 unspecified atom stereocenters. The topological polar surface area (TPSA) is 63.3 Å². The molecule has 1 aromatic rings. The SMILES string of the molecule is NC(=NCCc1nc(C(F)(F)F)cs1)NC1CC1. The number of hydrogen-bond acceptors (Lipinski definition) is 3. The summed E-state index contributed by atoms with van der Waals surface area (Å²) in [6.45, 7) is 0.344. The Bertz CT molecular complexity index is 437. The van der Waals surface area contributed by atoms with Crippen LogP contribution in [0.2, 0.25) is 0 Å². The number of guanidine groups is 1. The molecular weight excluding hydrogens is 265 g/mol. The van der Waals surface area contributed by atoms with E-state index in [-0.39, 0.29) is 0 Å².